The standard InChI is InChI=1S/C15H13BrO6/c1-19-14(17)9-3-4-12(11(16)7-9)22-8-13-10(5-6-21-13)15(18)20-2/h3-7H,8H2,1-2H3. The maximum Gasteiger partial charge on any atom is 0.341 e. The van der Waals surface area contributed by atoms with Gasteiger partial charge >= 0.3 is 11.9 Å². The van der Waals surface area contributed by atoms with Crippen LogP contribution in [-0.4, -0.2) is 26.2 Å². The molecule has 1 aromatic heterocycles. The molecule has 1 aromatic carbocycles. The van der Waals surface area contributed by atoms with Gasteiger partial charge < -0.3 is 18.6 Å². The number of carbonyl (C=O) groups is 2. The van der Waals surface area contributed by atoms with Crippen LogP contribution in [0.15, 0.2) is 39.4 Å². The van der Waals surface area contributed by atoms with Crippen molar-refractivity contribution in [3.63, 3.8) is 0 Å². The first-order chi connectivity index (χ1) is 10.6. The van der Waals surface area contributed by atoms with E-state index < -0.39 is 11.9 Å². The Morgan fingerprint density at radius 2 is 1.86 bits per heavy atom. The largest absolute Gasteiger partial charge is 0.484 e. The number of furan rings is 1. The van der Waals surface area contributed by atoms with Crippen LogP contribution in [0.4, 0.5) is 0 Å². The molecule has 2 rings (SSSR count). The summed E-state index contributed by atoms with van der Waals surface area (Å²) in [6, 6.07) is 6.30. The number of esters is 2. The molecule has 0 amide bonds. The fourth-order valence-corrected chi connectivity index (χ4v) is 2.24. The Hall–Kier alpha value is -2.28. The minimum absolute atomic E-state index is 0.0492. The van der Waals surface area contributed by atoms with Gasteiger partial charge in [0.15, 0.2) is 5.76 Å². The summed E-state index contributed by atoms with van der Waals surface area (Å²) in [6.07, 6.45) is 1.39. The van der Waals surface area contributed by atoms with Gasteiger partial charge in [0.25, 0.3) is 0 Å². The average Bonchev–Trinajstić information content (AvgIpc) is 3.00. The third-order valence-electron chi connectivity index (χ3n) is 2.86. The number of methoxy groups -OCH3 is 2. The number of ether oxygens (including phenoxy) is 3. The first-order valence-electron chi connectivity index (χ1n) is 6.22. The zero-order valence-electron chi connectivity index (χ0n) is 11.9. The van der Waals surface area contributed by atoms with E-state index in [2.05, 4.69) is 25.4 Å². The zero-order valence-corrected chi connectivity index (χ0v) is 13.5. The lowest BCUT2D eigenvalue weighted by Gasteiger charge is -2.09. The van der Waals surface area contributed by atoms with Gasteiger partial charge in [0.2, 0.25) is 0 Å². The minimum Gasteiger partial charge on any atom is -0.484 e. The summed E-state index contributed by atoms with van der Waals surface area (Å²) in [5, 5.41) is 0. The molecule has 7 heteroatoms. The topological polar surface area (TPSA) is 75.0 Å². The van der Waals surface area contributed by atoms with Crippen molar-refractivity contribution in [3.8, 4) is 5.75 Å². The second-order valence-electron chi connectivity index (χ2n) is 4.17. The lowest BCUT2D eigenvalue weighted by molar-refractivity contribution is 0.0588. The highest BCUT2D eigenvalue weighted by molar-refractivity contribution is 9.10. The molecule has 0 aliphatic heterocycles. The van der Waals surface area contributed by atoms with E-state index in [1.807, 2.05) is 0 Å². The first kappa shape index (κ1) is 16.1. The molecule has 22 heavy (non-hydrogen) atoms. The molecule has 0 unspecified atom stereocenters. The second-order valence-corrected chi connectivity index (χ2v) is 5.03. The number of halogens is 1. The molecule has 2 aromatic rings. The van der Waals surface area contributed by atoms with E-state index in [0.29, 0.717) is 27.1 Å². The Bertz CT molecular complexity index is 691. The Balaban J connectivity index is 2.11. The number of hydrogen-bond acceptors (Lipinski definition) is 6. The Morgan fingerprint density at radius 1 is 1.14 bits per heavy atom. The summed E-state index contributed by atoms with van der Waals surface area (Å²) in [6.45, 7) is 0.0492. The molecule has 0 saturated heterocycles. The summed E-state index contributed by atoms with van der Waals surface area (Å²) < 4.78 is 20.7. The monoisotopic (exact) mass is 368 g/mol. The quantitative estimate of drug-likeness (QED) is 0.754. The summed E-state index contributed by atoms with van der Waals surface area (Å²) in [5.74, 6) is -0.0746. The molecule has 6 nitrogen and oxygen atoms in total. The average molecular weight is 369 g/mol. The number of benzene rings is 1. The van der Waals surface area contributed by atoms with Gasteiger partial charge in [0.05, 0.1) is 30.5 Å². The molecule has 0 bridgehead atoms. The van der Waals surface area contributed by atoms with E-state index in [-0.39, 0.29) is 6.61 Å². The van der Waals surface area contributed by atoms with Gasteiger partial charge in [-0.05, 0) is 40.2 Å². The van der Waals surface area contributed by atoms with E-state index in [9.17, 15) is 9.59 Å². The van der Waals surface area contributed by atoms with Crippen LogP contribution in [0.1, 0.15) is 26.5 Å². The van der Waals surface area contributed by atoms with Crippen LogP contribution < -0.4 is 4.74 Å². The number of carbonyl (C=O) groups excluding carboxylic acids is 2. The van der Waals surface area contributed by atoms with Gasteiger partial charge in [0.1, 0.15) is 17.9 Å². The predicted octanol–water partition coefficient (Wildman–Crippen LogP) is 3.19. The van der Waals surface area contributed by atoms with Crippen molar-refractivity contribution in [1.29, 1.82) is 0 Å². The first-order valence-corrected chi connectivity index (χ1v) is 7.01. The maximum absolute atomic E-state index is 11.5. The van der Waals surface area contributed by atoms with Gasteiger partial charge in [-0.2, -0.15) is 0 Å². The van der Waals surface area contributed by atoms with Crippen molar-refractivity contribution in [2.45, 2.75) is 6.61 Å². The van der Waals surface area contributed by atoms with Crippen molar-refractivity contribution in [2.75, 3.05) is 14.2 Å². The maximum atomic E-state index is 11.5. The third kappa shape index (κ3) is 3.48. The zero-order chi connectivity index (χ0) is 16.1. The van der Waals surface area contributed by atoms with Crippen molar-refractivity contribution >= 4 is 27.9 Å². The van der Waals surface area contributed by atoms with E-state index in [1.165, 1.54) is 26.5 Å². The Labute approximate surface area is 135 Å². The normalized spacial score (nSPS) is 10.1. The lowest BCUT2D eigenvalue weighted by Crippen LogP contribution is -2.06. The molecular formula is C15H13BrO6. The van der Waals surface area contributed by atoms with Gasteiger partial charge in [-0.15, -0.1) is 0 Å². The Kier molecular flexibility index (Phi) is 5.21. The van der Waals surface area contributed by atoms with Crippen molar-refractivity contribution in [1.82, 2.24) is 0 Å². The second kappa shape index (κ2) is 7.13. The molecular weight excluding hydrogens is 356 g/mol. The predicted molar refractivity (Wildman–Crippen MR) is 79.9 cm³/mol. The highest BCUT2D eigenvalue weighted by atomic mass is 79.9. The molecule has 0 spiro atoms. The van der Waals surface area contributed by atoms with Gasteiger partial charge in [-0.1, -0.05) is 0 Å². The molecule has 0 saturated carbocycles. The number of hydrogen-bond donors (Lipinski definition) is 0. The highest BCUT2D eigenvalue weighted by Crippen LogP contribution is 2.27. The summed E-state index contributed by atoms with van der Waals surface area (Å²) in [7, 11) is 2.61. The fraction of sp³-hybridized carbons (Fsp3) is 0.200. The van der Waals surface area contributed by atoms with Gasteiger partial charge in [-0.3, -0.25) is 0 Å². The molecule has 116 valence electrons. The minimum atomic E-state index is -0.493. The van der Waals surface area contributed by atoms with Gasteiger partial charge in [-0.25, -0.2) is 9.59 Å². The molecule has 0 radical (unpaired) electrons. The molecule has 0 aliphatic rings. The van der Waals surface area contributed by atoms with E-state index in [1.54, 1.807) is 18.2 Å². The molecule has 0 fully saturated rings. The molecule has 0 N–H and O–H groups in total. The van der Waals surface area contributed by atoms with Crippen LogP contribution in [0, 0.1) is 0 Å². The fourth-order valence-electron chi connectivity index (χ4n) is 1.75. The third-order valence-corrected chi connectivity index (χ3v) is 3.48. The van der Waals surface area contributed by atoms with E-state index in [0.717, 1.165) is 0 Å². The van der Waals surface area contributed by atoms with Crippen LogP contribution >= 0.6 is 15.9 Å². The van der Waals surface area contributed by atoms with Crippen molar-refractivity contribution in [2.24, 2.45) is 0 Å². The van der Waals surface area contributed by atoms with Crippen LogP contribution in [-0.2, 0) is 16.1 Å². The van der Waals surface area contributed by atoms with Crippen molar-refractivity contribution in [3.05, 3.63) is 51.9 Å². The van der Waals surface area contributed by atoms with E-state index in [4.69, 9.17) is 9.15 Å². The summed E-state index contributed by atoms with van der Waals surface area (Å²) >= 11 is 3.32. The van der Waals surface area contributed by atoms with Crippen molar-refractivity contribution < 1.29 is 28.2 Å². The SMILES string of the molecule is COC(=O)c1ccc(OCc2occc2C(=O)OC)c(Br)c1. The van der Waals surface area contributed by atoms with Gasteiger partial charge in [0, 0.05) is 0 Å². The lowest BCUT2D eigenvalue weighted by atomic mass is 10.2. The van der Waals surface area contributed by atoms with Crippen LogP contribution in [0.25, 0.3) is 0 Å². The highest BCUT2D eigenvalue weighted by Gasteiger charge is 2.16. The molecule has 0 atom stereocenters. The number of rotatable bonds is 5. The molecule has 1 heterocycles. The van der Waals surface area contributed by atoms with E-state index >= 15 is 0 Å². The Morgan fingerprint density at radius 3 is 2.50 bits per heavy atom. The smallest absolute Gasteiger partial charge is 0.341 e. The van der Waals surface area contributed by atoms with Crippen LogP contribution in [0.5, 0.6) is 5.75 Å². The summed E-state index contributed by atoms with van der Waals surface area (Å²) in [5.41, 5.74) is 0.708. The van der Waals surface area contributed by atoms with Crippen LogP contribution in [0.2, 0.25) is 0 Å². The molecule has 0 aliphatic carbocycles. The van der Waals surface area contributed by atoms with Crippen LogP contribution in [0.3, 0.4) is 0 Å². The summed E-state index contributed by atoms with van der Waals surface area (Å²) in [4.78, 5) is 23.0.